The second-order valence-electron chi connectivity index (χ2n) is 3.07. The van der Waals surface area contributed by atoms with E-state index in [0.29, 0.717) is 12.3 Å². The number of benzene rings is 1. The summed E-state index contributed by atoms with van der Waals surface area (Å²) in [5.41, 5.74) is 0.734. The van der Waals surface area contributed by atoms with Gasteiger partial charge in [-0.2, -0.15) is 0 Å². The van der Waals surface area contributed by atoms with Crippen molar-refractivity contribution in [3.05, 3.63) is 29.8 Å². The quantitative estimate of drug-likeness (QED) is 0.790. The number of hydrogen-bond donors (Lipinski definition) is 2. The summed E-state index contributed by atoms with van der Waals surface area (Å²) in [6.45, 7) is 2.28. The first kappa shape index (κ1) is 12.2. The van der Waals surface area contributed by atoms with Crippen LogP contribution >= 0.6 is 0 Å². The van der Waals surface area contributed by atoms with Crippen LogP contribution in [0.2, 0.25) is 0 Å². The van der Waals surface area contributed by atoms with Crippen molar-refractivity contribution in [1.29, 1.82) is 0 Å². The van der Waals surface area contributed by atoms with Crippen LogP contribution in [0.1, 0.15) is 17.3 Å². The number of nitrogens with one attached hydrogen (secondary N) is 1. The Morgan fingerprint density at radius 2 is 1.94 bits per heavy atom. The van der Waals surface area contributed by atoms with Crippen molar-refractivity contribution in [1.82, 2.24) is 0 Å². The molecule has 0 aliphatic rings. The van der Waals surface area contributed by atoms with E-state index in [1.807, 2.05) is 0 Å². The summed E-state index contributed by atoms with van der Waals surface area (Å²) in [5.74, 6) is -1.25. The molecule has 0 aromatic heterocycles. The Hall–Kier alpha value is -1.88. The Kier molecular flexibility index (Phi) is 4.47. The zero-order valence-corrected chi connectivity index (χ0v) is 8.90. The molecule has 86 valence electrons. The van der Waals surface area contributed by atoms with E-state index in [2.05, 4.69) is 5.32 Å². The topological polar surface area (TPSA) is 75.6 Å². The molecule has 0 fully saturated rings. The van der Waals surface area contributed by atoms with Crippen LogP contribution < -0.4 is 5.32 Å². The van der Waals surface area contributed by atoms with Crippen LogP contribution in [0.4, 0.5) is 5.69 Å². The van der Waals surface area contributed by atoms with E-state index in [1.54, 1.807) is 6.92 Å². The van der Waals surface area contributed by atoms with Crippen molar-refractivity contribution in [2.75, 3.05) is 18.5 Å². The molecule has 0 saturated carbocycles. The molecule has 0 unspecified atom stereocenters. The molecule has 0 heterocycles. The number of ether oxygens (including phenoxy) is 1. The minimum absolute atomic E-state index is 0.00280. The zero-order valence-electron chi connectivity index (χ0n) is 8.90. The van der Waals surface area contributed by atoms with Crippen molar-refractivity contribution < 1.29 is 19.4 Å². The smallest absolute Gasteiger partial charge is 0.335 e. The molecule has 0 saturated heterocycles. The van der Waals surface area contributed by atoms with Crippen LogP contribution in [0.25, 0.3) is 0 Å². The first-order chi connectivity index (χ1) is 7.63. The van der Waals surface area contributed by atoms with Gasteiger partial charge in [-0.05, 0) is 31.2 Å². The monoisotopic (exact) mass is 223 g/mol. The zero-order chi connectivity index (χ0) is 12.0. The van der Waals surface area contributed by atoms with E-state index in [4.69, 9.17) is 9.84 Å². The molecule has 5 nitrogen and oxygen atoms in total. The minimum Gasteiger partial charge on any atom is -0.478 e. The third kappa shape index (κ3) is 3.70. The number of carbonyl (C=O) groups excluding carboxylic acids is 1. The fourth-order valence-corrected chi connectivity index (χ4v) is 1.09. The predicted molar refractivity (Wildman–Crippen MR) is 58.5 cm³/mol. The van der Waals surface area contributed by atoms with Crippen LogP contribution in [0.15, 0.2) is 24.3 Å². The molecule has 0 atom stereocenters. The fourth-order valence-electron chi connectivity index (χ4n) is 1.09. The van der Waals surface area contributed by atoms with Gasteiger partial charge >= 0.3 is 5.97 Å². The van der Waals surface area contributed by atoms with Gasteiger partial charge in [-0.1, -0.05) is 0 Å². The second kappa shape index (κ2) is 5.87. The fraction of sp³-hybridized carbons (Fsp3) is 0.273. The lowest BCUT2D eigenvalue weighted by Gasteiger charge is -2.05. The van der Waals surface area contributed by atoms with Crippen LogP contribution in [-0.4, -0.2) is 30.2 Å². The predicted octanol–water partition coefficient (Wildman–Crippen LogP) is 1.36. The summed E-state index contributed by atoms with van der Waals surface area (Å²) in [6.07, 6.45) is 0. The van der Waals surface area contributed by atoms with Crippen LogP contribution in [0.5, 0.6) is 0 Å². The van der Waals surface area contributed by atoms with Crippen LogP contribution in [0.3, 0.4) is 0 Å². The molecule has 0 bridgehead atoms. The number of carboxylic acid groups (broad SMARTS) is 1. The van der Waals surface area contributed by atoms with Gasteiger partial charge in [0, 0.05) is 12.3 Å². The number of amides is 1. The SMILES string of the molecule is CCOCC(=O)Nc1ccc(C(=O)O)cc1. The molecule has 16 heavy (non-hydrogen) atoms. The lowest BCUT2D eigenvalue weighted by Crippen LogP contribution is -2.18. The first-order valence-electron chi connectivity index (χ1n) is 4.84. The van der Waals surface area contributed by atoms with Gasteiger partial charge in [0.1, 0.15) is 6.61 Å². The van der Waals surface area contributed by atoms with Crippen molar-refractivity contribution in [3.63, 3.8) is 0 Å². The summed E-state index contributed by atoms with van der Waals surface area (Å²) in [6, 6.07) is 5.93. The normalized spacial score (nSPS) is 9.81. The highest BCUT2D eigenvalue weighted by Gasteiger charge is 2.04. The third-order valence-electron chi connectivity index (χ3n) is 1.85. The van der Waals surface area contributed by atoms with Crippen molar-refractivity contribution in [2.24, 2.45) is 0 Å². The van der Waals surface area contributed by atoms with Crippen molar-refractivity contribution >= 4 is 17.6 Å². The molecule has 0 aliphatic carbocycles. The highest BCUT2D eigenvalue weighted by atomic mass is 16.5. The van der Waals surface area contributed by atoms with E-state index in [0.717, 1.165) is 0 Å². The number of hydrogen-bond acceptors (Lipinski definition) is 3. The maximum atomic E-state index is 11.2. The molecule has 0 radical (unpaired) electrons. The summed E-state index contributed by atoms with van der Waals surface area (Å²) in [5, 5.41) is 11.3. The summed E-state index contributed by atoms with van der Waals surface area (Å²) < 4.78 is 4.92. The Morgan fingerprint density at radius 1 is 1.31 bits per heavy atom. The van der Waals surface area contributed by atoms with E-state index >= 15 is 0 Å². The van der Waals surface area contributed by atoms with Gasteiger partial charge in [-0.3, -0.25) is 4.79 Å². The summed E-state index contributed by atoms with van der Waals surface area (Å²) in [7, 11) is 0. The Labute approximate surface area is 93.0 Å². The maximum absolute atomic E-state index is 11.2. The standard InChI is InChI=1S/C11H13NO4/c1-2-16-7-10(13)12-9-5-3-8(4-6-9)11(14)15/h3-6H,2,7H2,1H3,(H,12,13)(H,14,15). The number of aromatic carboxylic acids is 1. The highest BCUT2D eigenvalue weighted by Crippen LogP contribution is 2.09. The minimum atomic E-state index is -0.993. The lowest BCUT2D eigenvalue weighted by molar-refractivity contribution is -0.120. The average molecular weight is 223 g/mol. The van der Waals surface area contributed by atoms with Gasteiger partial charge < -0.3 is 15.2 Å². The first-order valence-corrected chi connectivity index (χ1v) is 4.84. The summed E-state index contributed by atoms with van der Waals surface area (Å²) in [4.78, 5) is 21.8. The van der Waals surface area contributed by atoms with Crippen LogP contribution in [-0.2, 0) is 9.53 Å². The lowest BCUT2D eigenvalue weighted by atomic mass is 10.2. The van der Waals surface area contributed by atoms with Gasteiger partial charge in [-0.15, -0.1) is 0 Å². The number of carbonyl (C=O) groups is 2. The summed E-state index contributed by atoms with van der Waals surface area (Å²) >= 11 is 0. The number of anilines is 1. The molecule has 2 N–H and O–H groups in total. The highest BCUT2D eigenvalue weighted by molar-refractivity contribution is 5.93. The van der Waals surface area contributed by atoms with Crippen molar-refractivity contribution in [3.8, 4) is 0 Å². The van der Waals surface area contributed by atoms with E-state index < -0.39 is 5.97 Å². The van der Waals surface area contributed by atoms with Gasteiger partial charge in [0.25, 0.3) is 0 Å². The van der Waals surface area contributed by atoms with Gasteiger partial charge in [0.2, 0.25) is 5.91 Å². The van der Waals surface area contributed by atoms with E-state index in [9.17, 15) is 9.59 Å². The number of rotatable bonds is 5. The molecule has 0 spiro atoms. The third-order valence-corrected chi connectivity index (χ3v) is 1.85. The van der Waals surface area contributed by atoms with E-state index in [1.165, 1.54) is 24.3 Å². The molecule has 1 amide bonds. The average Bonchev–Trinajstić information content (AvgIpc) is 2.27. The molecular formula is C11H13NO4. The Morgan fingerprint density at radius 3 is 2.44 bits per heavy atom. The molecule has 5 heteroatoms. The molecule has 1 aromatic rings. The Bertz CT molecular complexity index is 372. The van der Waals surface area contributed by atoms with Crippen molar-refractivity contribution in [2.45, 2.75) is 6.92 Å². The van der Waals surface area contributed by atoms with Crippen LogP contribution in [0, 0.1) is 0 Å². The molecule has 0 aliphatic heterocycles. The molecule has 1 aromatic carbocycles. The number of carboxylic acids is 1. The maximum Gasteiger partial charge on any atom is 0.335 e. The Balaban J connectivity index is 2.55. The van der Waals surface area contributed by atoms with Gasteiger partial charge in [0.15, 0.2) is 0 Å². The molecular weight excluding hydrogens is 210 g/mol. The second-order valence-corrected chi connectivity index (χ2v) is 3.07. The van der Waals surface area contributed by atoms with E-state index in [-0.39, 0.29) is 18.1 Å². The largest absolute Gasteiger partial charge is 0.478 e. The van der Waals surface area contributed by atoms with Gasteiger partial charge in [0.05, 0.1) is 5.56 Å². The van der Waals surface area contributed by atoms with Gasteiger partial charge in [-0.25, -0.2) is 4.79 Å². The molecule has 1 rings (SSSR count).